The molecule has 3 heterocycles. The largest absolute Gasteiger partial charge is 0.504 e. The van der Waals surface area contributed by atoms with Crippen molar-refractivity contribution in [2.75, 3.05) is 17.3 Å². The van der Waals surface area contributed by atoms with E-state index in [0.29, 0.717) is 26.2 Å². The molecule has 0 radical (unpaired) electrons. The number of halogens is 1. The first-order valence-electron chi connectivity index (χ1n) is 13.0. The molecule has 3 aromatic carbocycles. The van der Waals surface area contributed by atoms with Crippen molar-refractivity contribution in [3.8, 4) is 11.5 Å². The fraction of sp³-hybridized carbons (Fsp3) is 0.172. The van der Waals surface area contributed by atoms with E-state index in [0.717, 1.165) is 28.0 Å². The van der Waals surface area contributed by atoms with Gasteiger partial charge in [0.2, 0.25) is 17.7 Å². The number of carbonyl (C=O) groups excluding carboxylic acids is 3. The SMILES string of the molecule is COc1cc(C2c3sc(=O)n(CC(=O)Nc4ccc(Cl)cc4)c3SC3C(=O)N(c4ccc([N+](=O)[O-])cc4)C(=O)C32)ccc1O. The summed E-state index contributed by atoms with van der Waals surface area (Å²) < 4.78 is 6.57. The summed E-state index contributed by atoms with van der Waals surface area (Å²) in [6.45, 7) is -0.350. The molecule has 1 aromatic heterocycles. The first-order chi connectivity index (χ1) is 21.1. The standard InChI is InChI=1S/C29H21ClN4O8S2/c1-42-20-12-14(2-11-19(20)35)22-23-24(27(38)33(26(23)37)17-7-9-18(10-8-17)34(40)41)43-28-25(22)44-29(39)32(28)13-21(36)31-16-5-3-15(30)4-6-16/h2-12,22-24,35H,13H2,1H3,(H,31,36). The van der Waals surface area contributed by atoms with E-state index in [1.165, 1.54) is 42.0 Å². The summed E-state index contributed by atoms with van der Waals surface area (Å²) in [5, 5.41) is 24.0. The summed E-state index contributed by atoms with van der Waals surface area (Å²) in [7, 11) is 1.37. The Morgan fingerprint density at radius 1 is 1.07 bits per heavy atom. The van der Waals surface area contributed by atoms with Crippen molar-refractivity contribution < 1.29 is 29.2 Å². The zero-order chi connectivity index (χ0) is 31.3. The number of phenolic OH excluding ortho intramolecular Hbond substituents is 1. The Hall–Kier alpha value is -4.66. The summed E-state index contributed by atoms with van der Waals surface area (Å²) in [5.74, 6) is -3.35. The molecule has 15 heteroatoms. The lowest BCUT2D eigenvalue weighted by Gasteiger charge is -2.31. The van der Waals surface area contributed by atoms with Crippen molar-refractivity contribution in [3.05, 3.63) is 102 Å². The molecule has 1 saturated heterocycles. The quantitative estimate of drug-likeness (QED) is 0.165. The van der Waals surface area contributed by atoms with Gasteiger partial charge in [-0.15, -0.1) is 0 Å². The van der Waals surface area contributed by atoms with Crippen LogP contribution < -0.4 is 19.8 Å². The number of amides is 3. The number of thiazole rings is 1. The number of nitro groups is 1. The van der Waals surface area contributed by atoms with Crippen LogP contribution in [0.3, 0.4) is 0 Å². The molecule has 2 aliphatic rings. The minimum atomic E-state index is -0.977. The van der Waals surface area contributed by atoms with Gasteiger partial charge >= 0.3 is 4.87 Å². The molecule has 4 aromatic rings. The highest BCUT2D eigenvalue weighted by Gasteiger charge is 2.57. The van der Waals surface area contributed by atoms with Crippen molar-refractivity contribution in [1.82, 2.24) is 4.57 Å². The highest BCUT2D eigenvalue weighted by Crippen LogP contribution is 2.54. The number of rotatable bonds is 7. The zero-order valence-electron chi connectivity index (χ0n) is 22.6. The third-order valence-corrected chi connectivity index (χ3v) is 10.2. The number of nitrogens with zero attached hydrogens (tertiary/aromatic N) is 3. The van der Waals surface area contributed by atoms with E-state index in [-0.39, 0.29) is 29.4 Å². The van der Waals surface area contributed by atoms with Gasteiger partial charge in [0.05, 0.1) is 28.7 Å². The Labute approximate surface area is 262 Å². The molecular weight excluding hydrogens is 632 g/mol. The number of imide groups is 1. The van der Waals surface area contributed by atoms with E-state index in [1.807, 2.05) is 0 Å². The number of hydrogen-bond donors (Lipinski definition) is 2. The number of phenols is 1. The second-order valence-corrected chi connectivity index (χ2v) is 12.5. The van der Waals surface area contributed by atoms with Crippen LogP contribution in [0, 0.1) is 16.0 Å². The molecule has 0 bridgehead atoms. The lowest BCUT2D eigenvalue weighted by molar-refractivity contribution is -0.384. The molecule has 0 spiro atoms. The van der Waals surface area contributed by atoms with E-state index in [1.54, 1.807) is 36.4 Å². The van der Waals surface area contributed by atoms with Gasteiger partial charge in [0.25, 0.3) is 5.69 Å². The fourth-order valence-corrected chi connectivity index (χ4v) is 8.26. The Morgan fingerprint density at radius 3 is 2.43 bits per heavy atom. The summed E-state index contributed by atoms with van der Waals surface area (Å²) >= 11 is 7.83. The number of aromatic hydroxyl groups is 1. The minimum absolute atomic E-state index is 0.135. The predicted molar refractivity (Wildman–Crippen MR) is 164 cm³/mol. The summed E-state index contributed by atoms with van der Waals surface area (Å²) in [4.78, 5) is 65.8. The molecule has 44 heavy (non-hydrogen) atoms. The third-order valence-electron chi connectivity index (χ3n) is 7.36. The maximum atomic E-state index is 14.0. The Morgan fingerprint density at radius 2 is 1.77 bits per heavy atom. The molecule has 224 valence electrons. The van der Waals surface area contributed by atoms with Crippen LogP contribution in [-0.2, 0) is 20.9 Å². The van der Waals surface area contributed by atoms with Gasteiger partial charge in [-0.1, -0.05) is 40.8 Å². The number of hydrogen-bond acceptors (Lipinski definition) is 10. The predicted octanol–water partition coefficient (Wildman–Crippen LogP) is 4.62. The lowest BCUT2D eigenvalue weighted by atomic mass is 9.83. The van der Waals surface area contributed by atoms with Crippen LogP contribution in [-0.4, -0.2) is 44.7 Å². The number of methoxy groups -OCH3 is 1. The van der Waals surface area contributed by atoms with Gasteiger partial charge < -0.3 is 15.2 Å². The number of benzene rings is 3. The molecule has 12 nitrogen and oxygen atoms in total. The Bertz CT molecular complexity index is 1890. The lowest BCUT2D eigenvalue weighted by Crippen LogP contribution is -2.33. The van der Waals surface area contributed by atoms with Crippen LogP contribution in [0.15, 0.2) is 76.6 Å². The topological polar surface area (TPSA) is 161 Å². The van der Waals surface area contributed by atoms with Gasteiger partial charge in [-0.3, -0.25) is 33.9 Å². The number of nitro benzene ring substituents is 1. The van der Waals surface area contributed by atoms with Crippen molar-refractivity contribution in [2.24, 2.45) is 5.92 Å². The molecule has 3 unspecified atom stereocenters. The summed E-state index contributed by atoms with van der Waals surface area (Å²) in [6, 6.07) is 16.1. The van der Waals surface area contributed by atoms with Gasteiger partial charge in [0.1, 0.15) is 11.8 Å². The van der Waals surface area contributed by atoms with Gasteiger partial charge in [-0.2, -0.15) is 0 Å². The Balaban J connectivity index is 1.42. The number of non-ortho nitro benzene ring substituents is 1. The number of anilines is 2. The molecule has 0 aliphatic carbocycles. The number of carbonyl (C=O) groups is 3. The minimum Gasteiger partial charge on any atom is -0.504 e. The first kappa shape index (κ1) is 29.4. The van der Waals surface area contributed by atoms with Crippen molar-refractivity contribution in [1.29, 1.82) is 0 Å². The van der Waals surface area contributed by atoms with Crippen LogP contribution in [0.2, 0.25) is 5.02 Å². The van der Waals surface area contributed by atoms with Crippen LogP contribution in [0.25, 0.3) is 0 Å². The second-order valence-electron chi connectivity index (χ2n) is 9.94. The molecule has 2 aliphatic heterocycles. The smallest absolute Gasteiger partial charge is 0.308 e. The van der Waals surface area contributed by atoms with Crippen molar-refractivity contribution in [3.63, 3.8) is 0 Å². The highest BCUT2D eigenvalue weighted by molar-refractivity contribution is 8.00. The number of thioether (sulfide) groups is 1. The van der Waals surface area contributed by atoms with Crippen molar-refractivity contribution >= 4 is 69.5 Å². The van der Waals surface area contributed by atoms with E-state index in [2.05, 4.69) is 5.32 Å². The molecule has 3 amide bonds. The van der Waals surface area contributed by atoms with Gasteiger partial charge in [-0.25, -0.2) is 4.90 Å². The number of fused-ring (bicyclic) bond motifs is 2. The number of ether oxygens (including phenoxy) is 1. The zero-order valence-corrected chi connectivity index (χ0v) is 25.0. The molecular formula is C29H21ClN4O8S2. The fourth-order valence-electron chi connectivity index (χ4n) is 5.36. The normalized spacial score (nSPS) is 19.0. The monoisotopic (exact) mass is 652 g/mol. The number of aromatic nitrogens is 1. The maximum Gasteiger partial charge on any atom is 0.308 e. The molecule has 0 saturated carbocycles. The van der Waals surface area contributed by atoms with Crippen LogP contribution >= 0.6 is 34.7 Å². The third kappa shape index (κ3) is 5.10. The number of nitrogens with one attached hydrogen (secondary N) is 1. The van der Waals surface area contributed by atoms with Gasteiger partial charge in [0.15, 0.2) is 11.5 Å². The molecule has 6 rings (SSSR count). The van der Waals surface area contributed by atoms with Crippen LogP contribution in [0.1, 0.15) is 16.4 Å². The van der Waals surface area contributed by atoms with Crippen LogP contribution in [0.5, 0.6) is 11.5 Å². The second kappa shape index (κ2) is 11.4. The molecule has 3 atom stereocenters. The van der Waals surface area contributed by atoms with E-state index >= 15 is 0 Å². The maximum absolute atomic E-state index is 14.0. The van der Waals surface area contributed by atoms with E-state index in [4.69, 9.17) is 16.3 Å². The average Bonchev–Trinajstić information content (AvgIpc) is 3.44. The van der Waals surface area contributed by atoms with Crippen LogP contribution in [0.4, 0.5) is 17.1 Å². The highest BCUT2D eigenvalue weighted by atomic mass is 35.5. The summed E-state index contributed by atoms with van der Waals surface area (Å²) in [6.07, 6.45) is 0. The first-order valence-corrected chi connectivity index (χ1v) is 15.1. The molecule has 1 fully saturated rings. The van der Waals surface area contributed by atoms with Crippen molar-refractivity contribution in [2.45, 2.75) is 22.7 Å². The van der Waals surface area contributed by atoms with E-state index in [9.17, 15) is 34.4 Å². The van der Waals surface area contributed by atoms with Gasteiger partial charge in [0, 0.05) is 33.6 Å². The van der Waals surface area contributed by atoms with E-state index < -0.39 is 44.6 Å². The summed E-state index contributed by atoms with van der Waals surface area (Å²) in [5.41, 5.74) is 0.970. The Kier molecular flexibility index (Phi) is 7.65. The average molecular weight is 653 g/mol. The molecule has 2 N–H and O–H groups in total. The van der Waals surface area contributed by atoms with Gasteiger partial charge in [-0.05, 0) is 54.1 Å².